The minimum atomic E-state index is -1.81. The molecule has 0 spiro atoms. The fraction of sp³-hybridized carbons (Fsp3) is 0.960. The number of carbonyl (C=O) groups excluding carboxylic acids is 1. The van der Waals surface area contributed by atoms with E-state index in [1.807, 2.05) is 0 Å². The summed E-state index contributed by atoms with van der Waals surface area (Å²) >= 11 is 0. The number of Topliss-reactive ketones (excluding diaryl/α,β-unsaturated/α-hetero) is 1. The van der Waals surface area contributed by atoms with Crippen LogP contribution >= 0.6 is 0 Å². The summed E-state index contributed by atoms with van der Waals surface area (Å²) in [5.41, 5.74) is 1.84. The maximum atomic E-state index is 12.4. The maximum absolute atomic E-state index is 12.4. The molecular formula is C25H50O3Si. The molecule has 172 valence electrons. The molecule has 3 atom stereocenters. The van der Waals surface area contributed by atoms with Gasteiger partial charge in [0.2, 0.25) is 0 Å². The molecule has 0 aromatic rings. The Kier molecular flexibility index (Phi) is 11.7. The van der Waals surface area contributed by atoms with Gasteiger partial charge in [-0.25, -0.2) is 0 Å². The standard InChI is InChI=1S/C25H50O3Si/c1-18(2)11-10-12-23(26)17-24-14-13-22(9)25(28-24)15-16-27-29(19(3)4,20(5)6)21(7)8/h18-22,24-25H,10-17H2,1-9H3/t22-,24-,25+/m0/s1. The summed E-state index contributed by atoms with van der Waals surface area (Å²) < 4.78 is 13.2. The van der Waals surface area contributed by atoms with E-state index in [1.54, 1.807) is 0 Å². The van der Waals surface area contributed by atoms with Gasteiger partial charge < -0.3 is 9.16 Å². The van der Waals surface area contributed by atoms with Crippen LogP contribution < -0.4 is 0 Å². The second kappa shape index (κ2) is 12.6. The molecule has 0 aromatic carbocycles. The largest absolute Gasteiger partial charge is 0.416 e. The lowest BCUT2D eigenvalue weighted by atomic mass is 9.89. The summed E-state index contributed by atoms with van der Waals surface area (Å²) in [5, 5.41) is 0. The van der Waals surface area contributed by atoms with E-state index in [0.29, 0.717) is 47.1 Å². The van der Waals surface area contributed by atoms with E-state index in [1.165, 1.54) is 0 Å². The minimum absolute atomic E-state index is 0.116. The molecule has 0 amide bonds. The van der Waals surface area contributed by atoms with Crippen LogP contribution in [-0.2, 0) is 14.0 Å². The molecule has 0 unspecified atom stereocenters. The first kappa shape index (κ1) is 26.8. The number of ether oxygens (including phenoxy) is 1. The average molecular weight is 427 g/mol. The summed E-state index contributed by atoms with van der Waals surface area (Å²) in [6.07, 6.45) is 6.97. The van der Waals surface area contributed by atoms with Crippen LogP contribution in [0.4, 0.5) is 0 Å². The van der Waals surface area contributed by atoms with Crippen molar-refractivity contribution < 1.29 is 14.0 Å². The molecule has 3 nitrogen and oxygen atoms in total. The second-order valence-corrected chi connectivity index (χ2v) is 16.3. The van der Waals surface area contributed by atoms with Crippen molar-refractivity contribution in [1.29, 1.82) is 0 Å². The third-order valence-corrected chi connectivity index (χ3v) is 13.2. The van der Waals surface area contributed by atoms with Gasteiger partial charge in [0.25, 0.3) is 0 Å². The molecule has 0 radical (unpaired) electrons. The predicted octanol–water partition coefficient (Wildman–Crippen LogP) is 7.54. The predicted molar refractivity (Wildman–Crippen MR) is 127 cm³/mol. The monoisotopic (exact) mass is 426 g/mol. The van der Waals surface area contributed by atoms with Crippen LogP contribution in [0, 0.1) is 11.8 Å². The Hall–Kier alpha value is -0.193. The van der Waals surface area contributed by atoms with E-state index >= 15 is 0 Å². The zero-order valence-electron chi connectivity index (χ0n) is 20.9. The van der Waals surface area contributed by atoms with Gasteiger partial charge in [-0.1, -0.05) is 68.7 Å². The molecule has 1 fully saturated rings. The van der Waals surface area contributed by atoms with Crippen molar-refractivity contribution in [2.45, 2.75) is 136 Å². The molecule has 0 saturated carbocycles. The Morgan fingerprint density at radius 2 is 1.59 bits per heavy atom. The van der Waals surface area contributed by atoms with E-state index in [4.69, 9.17) is 9.16 Å². The molecule has 0 bridgehead atoms. The van der Waals surface area contributed by atoms with Crippen molar-refractivity contribution in [2.75, 3.05) is 6.61 Å². The van der Waals surface area contributed by atoms with E-state index < -0.39 is 8.32 Å². The van der Waals surface area contributed by atoms with Crippen LogP contribution in [0.15, 0.2) is 0 Å². The fourth-order valence-corrected chi connectivity index (χ4v) is 11.0. The van der Waals surface area contributed by atoms with Gasteiger partial charge in [0.05, 0.1) is 12.2 Å². The Balaban J connectivity index is 2.55. The zero-order valence-corrected chi connectivity index (χ0v) is 21.9. The van der Waals surface area contributed by atoms with Crippen LogP contribution in [0.5, 0.6) is 0 Å². The van der Waals surface area contributed by atoms with Gasteiger partial charge in [0.15, 0.2) is 8.32 Å². The summed E-state index contributed by atoms with van der Waals surface area (Å²) in [7, 11) is -1.81. The van der Waals surface area contributed by atoms with E-state index in [9.17, 15) is 4.79 Å². The molecule has 1 saturated heterocycles. The molecule has 1 aliphatic rings. The van der Waals surface area contributed by atoms with Gasteiger partial charge in [0, 0.05) is 19.4 Å². The van der Waals surface area contributed by atoms with Crippen molar-refractivity contribution in [3.05, 3.63) is 0 Å². The number of hydrogen-bond donors (Lipinski definition) is 0. The Bertz CT molecular complexity index is 451. The summed E-state index contributed by atoms with van der Waals surface area (Å²) in [6.45, 7) is 21.6. The Morgan fingerprint density at radius 3 is 2.10 bits per heavy atom. The van der Waals surface area contributed by atoms with E-state index in [0.717, 1.165) is 38.7 Å². The lowest BCUT2D eigenvalue weighted by Gasteiger charge is -2.43. The maximum Gasteiger partial charge on any atom is 0.200 e. The molecular weight excluding hydrogens is 376 g/mol. The molecule has 0 aromatic heterocycles. The lowest BCUT2D eigenvalue weighted by molar-refractivity contribution is -0.129. The fourth-order valence-electron chi connectivity index (χ4n) is 5.50. The minimum Gasteiger partial charge on any atom is -0.416 e. The van der Waals surface area contributed by atoms with Gasteiger partial charge in [0.1, 0.15) is 5.78 Å². The first-order valence-electron chi connectivity index (χ1n) is 12.3. The van der Waals surface area contributed by atoms with Gasteiger partial charge in [-0.2, -0.15) is 0 Å². The third-order valence-electron chi connectivity index (χ3n) is 7.10. The number of ketones is 1. The molecule has 1 rings (SSSR count). The molecule has 1 aliphatic heterocycles. The van der Waals surface area contributed by atoms with E-state index in [2.05, 4.69) is 62.3 Å². The highest BCUT2D eigenvalue weighted by Gasteiger charge is 2.45. The van der Waals surface area contributed by atoms with Crippen LogP contribution in [0.2, 0.25) is 16.6 Å². The first-order valence-corrected chi connectivity index (χ1v) is 14.5. The van der Waals surface area contributed by atoms with E-state index in [-0.39, 0.29) is 12.2 Å². The number of carbonyl (C=O) groups is 1. The summed E-state index contributed by atoms with van der Waals surface area (Å²) in [4.78, 5) is 12.4. The molecule has 1 heterocycles. The first-order chi connectivity index (χ1) is 13.5. The van der Waals surface area contributed by atoms with Crippen LogP contribution in [0.25, 0.3) is 0 Å². The quantitative estimate of drug-likeness (QED) is 0.285. The van der Waals surface area contributed by atoms with Gasteiger partial charge in [-0.05, 0) is 54.1 Å². The van der Waals surface area contributed by atoms with Crippen LogP contribution in [0.3, 0.4) is 0 Å². The van der Waals surface area contributed by atoms with Crippen LogP contribution in [-0.4, -0.2) is 32.9 Å². The summed E-state index contributed by atoms with van der Waals surface area (Å²) in [5.74, 6) is 1.61. The molecule has 0 aliphatic carbocycles. The second-order valence-electron chi connectivity index (χ2n) is 10.8. The molecule has 4 heteroatoms. The number of hydrogen-bond acceptors (Lipinski definition) is 3. The van der Waals surface area contributed by atoms with Crippen molar-refractivity contribution >= 4 is 14.1 Å². The van der Waals surface area contributed by atoms with Gasteiger partial charge >= 0.3 is 0 Å². The Morgan fingerprint density at radius 1 is 1.00 bits per heavy atom. The number of rotatable bonds is 13. The Labute approximate surface area is 182 Å². The molecule has 0 N–H and O–H groups in total. The van der Waals surface area contributed by atoms with Crippen molar-refractivity contribution in [1.82, 2.24) is 0 Å². The lowest BCUT2D eigenvalue weighted by Crippen LogP contribution is -2.48. The third kappa shape index (κ3) is 8.10. The zero-order chi connectivity index (χ0) is 22.2. The van der Waals surface area contributed by atoms with Gasteiger partial charge in [-0.15, -0.1) is 0 Å². The summed E-state index contributed by atoms with van der Waals surface area (Å²) in [6, 6.07) is 0. The van der Waals surface area contributed by atoms with Crippen LogP contribution in [0.1, 0.15) is 107 Å². The van der Waals surface area contributed by atoms with Crippen molar-refractivity contribution in [2.24, 2.45) is 11.8 Å². The van der Waals surface area contributed by atoms with Crippen molar-refractivity contribution in [3.63, 3.8) is 0 Å². The normalized spacial score (nSPS) is 23.6. The average Bonchev–Trinajstić information content (AvgIpc) is 2.59. The highest BCUT2D eigenvalue weighted by molar-refractivity contribution is 6.77. The highest BCUT2D eigenvalue weighted by atomic mass is 28.4. The SMILES string of the molecule is CC(C)CCCC(=O)C[C@@H]1CC[C@H](C)[C@@H](CCO[Si](C(C)C)(C(C)C)C(C)C)O1. The molecule has 29 heavy (non-hydrogen) atoms. The smallest absolute Gasteiger partial charge is 0.200 e. The topological polar surface area (TPSA) is 35.5 Å². The van der Waals surface area contributed by atoms with Crippen molar-refractivity contribution in [3.8, 4) is 0 Å². The van der Waals surface area contributed by atoms with Gasteiger partial charge in [-0.3, -0.25) is 4.79 Å². The highest BCUT2D eigenvalue weighted by Crippen LogP contribution is 2.42.